The highest BCUT2D eigenvalue weighted by atomic mass is 16.3. The van der Waals surface area contributed by atoms with Crippen molar-refractivity contribution in [3.63, 3.8) is 0 Å². The van der Waals surface area contributed by atoms with Crippen molar-refractivity contribution in [1.82, 2.24) is 0 Å². The number of hydrogen-bond donors (Lipinski definition) is 0. The zero-order valence-corrected chi connectivity index (χ0v) is 38.2. The second kappa shape index (κ2) is 12.4. The molecule has 0 saturated carbocycles. The van der Waals surface area contributed by atoms with Crippen molar-refractivity contribution in [2.75, 3.05) is 9.80 Å². The van der Waals surface area contributed by atoms with Crippen molar-refractivity contribution in [3.05, 3.63) is 112 Å². The van der Waals surface area contributed by atoms with Gasteiger partial charge in [0.15, 0.2) is 0 Å². The summed E-state index contributed by atoms with van der Waals surface area (Å²) in [4.78, 5) is 5.21. The van der Waals surface area contributed by atoms with Gasteiger partial charge in [0.25, 0.3) is 6.71 Å². The summed E-state index contributed by atoms with van der Waals surface area (Å²) in [5.74, 6) is 1.16. The van der Waals surface area contributed by atoms with Gasteiger partial charge in [0.2, 0.25) is 0 Å². The number of fused-ring (bicyclic) bond motifs is 6. The molecule has 4 heteroatoms. The Hall–Kier alpha value is -4.18. The van der Waals surface area contributed by atoms with E-state index in [0.717, 1.165) is 24.3 Å². The summed E-state index contributed by atoms with van der Waals surface area (Å²) in [6.07, 6.45) is 2.21. The molecule has 4 aromatic carbocycles. The second-order valence-electron chi connectivity index (χ2n) is 23.1. The van der Waals surface area contributed by atoms with Gasteiger partial charge < -0.3 is 14.2 Å². The molecule has 0 radical (unpaired) electrons. The smallest absolute Gasteiger partial charge is 0.297 e. The Balaban J connectivity index is 1.55. The largest absolute Gasteiger partial charge is 0.472 e. The zero-order chi connectivity index (χ0) is 41.6. The van der Waals surface area contributed by atoms with E-state index in [1.165, 1.54) is 78.4 Å². The van der Waals surface area contributed by atoms with E-state index in [9.17, 15) is 0 Å². The molecule has 0 saturated heterocycles. The third-order valence-electron chi connectivity index (χ3n) is 13.6. The predicted octanol–water partition coefficient (Wildman–Crippen LogP) is 13.2. The molecule has 3 heterocycles. The molecule has 298 valence electrons. The predicted molar refractivity (Wildman–Crippen MR) is 248 cm³/mol. The van der Waals surface area contributed by atoms with Crippen LogP contribution in [0.25, 0.3) is 0 Å². The lowest BCUT2D eigenvalue weighted by Gasteiger charge is -2.45. The van der Waals surface area contributed by atoms with Gasteiger partial charge in [-0.25, -0.2) is 0 Å². The van der Waals surface area contributed by atoms with Gasteiger partial charge in [0.05, 0.1) is 11.3 Å². The zero-order valence-electron chi connectivity index (χ0n) is 38.2. The van der Waals surface area contributed by atoms with Crippen LogP contribution in [0.4, 0.5) is 34.1 Å². The lowest BCUT2D eigenvalue weighted by Crippen LogP contribution is -2.61. The Kier molecular flexibility index (Phi) is 8.64. The molecular formula is C53H67BN2O. The first-order valence-corrected chi connectivity index (χ1v) is 21.5. The summed E-state index contributed by atoms with van der Waals surface area (Å²) in [6, 6.07) is 28.9. The third kappa shape index (κ3) is 6.31. The Morgan fingerprint density at radius 1 is 0.526 bits per heavy atom. The number of hydrogen-bond acceptors (Lipinski definition) is 3. The van der Waals surface area contributed by atoms with E-state index in [2.05, 4.69) is 200 Å². The molecule has 0 N–H and O–H groups in total. The second-order valence-corrected chi connectivity index (χ2v) is 23.1. The SMILES string of the molecule is Cc1cc(C(C)(C)C)ccc1N1c2cc(C(C)(C)C)cc3c2B(c2cc(C(C)(C)C)ccc2N3c2ccc(C(C)(C)C)cc2)c2oc3c(c21)C(C)(C)CCC3(C)C. The van der Waals surface area contributed by atoms with Crippen LogP contribution in [-0.4, -0.2) is 6.71 Å². The lowest BCUT2D eigenvalue weighted by atomic mass is 9.35. The van der Waals surface area contributed by atoms with Crippen LogP contribution in [0.3, 0.4) is 0 Å². The first-order valence-electron chi connectivity index (χ1n) is 21.5. The van der Waals surface area contributed by atoms with E-state index in [0.29, 0.717) is 0 Å². The fourth-order valence-electron chi connectivity index (χ4n) is 9.69. The summed E-state index contributed by atoms with van der Waals surface area (Å²) in [5, 5.41) is 0. The van der Waals surface area contributed by atoms with Crippen LogP contribution in [0.15, 0.2) is 77.2 Å². The topological polar surface area (TPSA) is 19.6 Å². The van der Waals surface area contributed by atoms with Crippen molar-refractivity contribution >= 4 is 57.4 Å². The standard InChI is InChI=1S/C53H67BN2O/c1-32-28-34(49(5,6)7)20-24-39(32)56-42-31-36(51(11,12)13)30-41-44(42)54(47-45(56)43-46(57-47)53(16,17)27-26-52(43,14)15)38-29-35(50(8,9)10)21-25-40(38)55(41)37-22-18-33(19-23-37)48(2,3)4/h18-25,28-31H,26-27H2,1-17H3. The van der Waals surface area contributed by atoms with Crippen molar-refractivity contribution in [3.8, 4) is 0 Å². The van der Waals surface area contributed by atoms with E-state index >= 15 is 0 Å². The van der Waals surface area contributed by atoms with Gasteiger partial charge in [0.1, 0.15) is 5.76 Å². The van der Waals surface area contributed by atoms with E-state index in [1.54, 1.807) is 0 Å². The molecule has 0 bridgehead atoms. The third-order valence-corrected chi connectivity index (χ3v) is 13.6. The van der Waals surface area contributed by atoms with Gasteiger partial charge in [-0.3, -0.25) is 0 Å². The van der Waals surface area contributed by atoms with Crippen LogP contribution >= 0.6 is 0 Å². The van der Waals surface area contributed by atoms with E-state index in [4.69, 9.17) is 4.42 Å². The van der Waals surface area contributed by atoms with Crippen molar-refractivity contribution < 1.29 is 4.42 Å². The minimum Gasteiger partial charge on any atom is -0.472 e. The van der Waals surface area contributed by atoms with Gasteiger partial charge >= 0.3 is 0 Å². The van der Waals surface area contributed by atoms with Gasteiger partial charge in [-0.15, -0.1) is 0 Å². The number of furan rings is 1. The van der Waals surface area contributed by atoms with E-state index in [-0.39, 0.29) is 39.2 Å². The van der Waals surface area contributed by atoms with E-state index < -0.39 is 0 Å². The fourth-order valence-corrected chi connectivity index (χ4v) is 9.69. The minimum absolute atomic E-state index is 0.0186. The number of anilines is 6. The summed E-state index contributed by atoms with van der Waals surface area (Å²) in [7, 11) is 0. The Labute approximate surface area is 345 Å². The highest BCUT2D eigenvalue weighted by Crippen LogP contribution is 2.55. The van der Waals surface area contributed by atoms with Gasteiger partial charge in [0, 0.05) is 39.4 Å². The van der Waals surface area contributed by atoms with Crippen LogP contribution < -0.4 is 26.4 Å². The van der Waals surface area contributed by atoms with Crippen LogP contribution in [-0.2, 0) is 32.5 Å². The molecule has 3 aliphatic rings. The first-order chi connectivity index (χ1) is 26.2. The molecule has 57 heavy (non-hydrogen) atoms. The van der Waals surface area contributed by atoms with Crippen molar-refractivity contribution in [1.29, 1.82) is 0 Å². The van der Waals surface area contributed by atoms with Gasteiger partial charge in [-0.2, -0.15) is 0 Å². The monoisotopic (exact) mass is 759 g/mol. The van der Waals surface area contributed by atoms with Gasteiger partial charge in [-0.05, 0) is 122 Å². The molecule has 3 nitrogen and oxygen atoms in total. The van der Waals surface area contributed by atoms with Crippen LogP contribution in [0.2, 0.25) is 0 Å². The number of rotatable bonds is 2. The lowest BCUT2D eigenvalue weighted by molar-refractivity contribution is 0.282. The average molecular weight is 759 g/mol. The Morgan fingerprint density at radius 2 is 1.02 bits per heavy atom. The normalized spacial score (nSPS) is 17.2. The fraction of sp³-hybridized carbons (Fsp3) is 0.472. The summed E-state index contributed by atoms with van der Waals surface area (Å²) >= 11 is 0. The molecule has 2 aliphatic heterocycles. The maximum absolute atomic E-state index is 7.61. The average Bonchev–Trinajstić information content (AvgIpc) is 3.52. The highest BCUT2D eigenvalue weighted by molar-refractivity contribution is 6.99. The maximum atomic E-state index is 7.61. The maximum Gasteiger partial charge on any atom is 0.297 e. The quantitative estimate of drug-likeness (QED) is 0.164. The molecule has 1 aliphatic carbocycles. The Morgan fingerprint density at radius 3 is 1.56 bits per heavy atom. The molecule has 0 atom stereocenters. The van der Waals surface area contributed by atoms with Crippen molar-refractivity contribution in [2.24, 2.45) is 0 Å². The molecule has 0 unspecified atom stereocenters. The minimum atomic E-state index is -0.0900. The summed E-state index contributed by atoms with van der Waals surface area (Å²) < 4.78 is 7.61. The summed E-state index contributed by atoms with van der Waals surface area (Å²) in [5.41, 5.74) is 19.1. The molecule has 1 aromatic heterocycles. The Bertz CT molecular complexity index is 2410. The van der Waals surface area contributed by atoms with Gasteiger partial charge in [-0.1, -0.05) is 147 Å². The molecule has 0 amide bonds. The van der Waals surface area contributed by atoms with Crippen LogP contribution in [0.1, 0.15) is 163 Å². The molecular weight excluding hydrogens is 691 g/mol. The van der Waals surface area contributed by atoms with Crippen LogP contribution in [0, 0.1) is 6.92 Å². The number of nitrogens with zero attached hydrogens (tertiary/aromatic N) is 2. The highest BCUT2D eigenvalue weighted by Gasteiger charge is 2.52. The van der Waals surface area contributed by atoms with Crippen molar-refractivity contribution in [2.45, 2.75) is 163 Å². The first kappa shape index (κ1) is 39.6. The molecule has 5 aromatic rings. The van der Waals surface area contributed by atoms with Crippen LogP contribution in [0.5, 0.6) is 0 Å². The van der Waals surface area contributed by atoms with E-state index in [1.807, 2.05) is 0 Å². The number of aryl methyl sites for hydroxylation is 1. The molecule has 8 rings (SSSR count). The number of benzene rings is 4. The molecule has 0 fully saturated rings. The summed E-state index contributed by atoms with van der Waals surface area (Å²) in [6.45, 7) is 39.9. The molecule has 0 spiro atoms.